The number of rotatable bonds is 4. The topological polar surface area (TPSA) is 21.3 Å². The van der Waals surface area contributed by atoms with E-state index >= 15 is 0 Å². The predicted molar refractivity (Wildman–Crippen MR) is 59.8 cm³/mol. The molecule has 14 heavy (non-hydrogen) atoms. The van der Waals surface area contributed by atoms with Gasteiger partial charge in [0, 0.05) is 5.54 Å². The van der Waals surface area contributed by atoms with Gasteiger partial charge in [0.15, 0.2) is 0 Å². The minimum atomic E-state index is 0.0162. The number of hydrogen-bond donors (Lipinski definition) is 1. The second-order valence-electron chi connectivity index (χ2n) is 4.19. The largest absolute Gasteiger partial charge is 0.491 e. The molecule has 0 saturated carbocycles. The van der Waals surface area contributed by atoms with Gasteiger partial charge < -0.3 is 10.1 Å². The van der Waals surface area contributed by atoms with Crippen molar-refractivity contribution in [1.82, 2.24) is 5.32 Å². The van der Waals surface area contributed by atoms with Crippen LogP contribution in [0.5, 0.6) is 5.75 Å². The van der Waals surface area contributed by atoms with Gasteiger partial charge in [-0.05, 0) is 39.4 Å². The normalized spacial score (nSPS) is 11.4. The summed E-state index contributed by atoms with van der Waals surface area (Å²) in [6, 6.07) is 8.07. The zero-order chi connectivity index (χ0) is 10.6. The van der Waals surface area contributed by atoms with E-state index in [1.165, 1.54) is 5.56 Å². The highest BCUT2D eigenvalue weighted by Crippen LogP contribution is 2.17. The number of hydrogen-bond acceptors (Lipinski definition) is 2. The molecule has 0 aliphatic heterocycles. The Labute approximate surface area is 86.3 Å². The van der Waals surface area contributed by atoms with Crippen LogP contribution in [-0.4, -0.2) is 19.2 Å². The molecular weight excluding hydrogens is 174 g/mol. The fourth-order valence-corrected chi connectivity index (χ4v) is 1.05. The standard InChI is InChI=1S/C12H19NO/c1-10-7-5-6-8-11(10)14-9-12(2,3)13-4/h5-8,13H,9H2,1-4H3. The lowest BCUT2D eigenvalue weighted by molar-refractivity contribution is 0.216. The molecule has 2 heteroatoms. The zero-order valence-electron chi connectivity index (χ0n) is 9.42. The molecule has 1 rings (SSSR count). The molecule has 2 nitrogen and oxygen atoms in total. The molecule has 0 bridgehead atoms. The first kappa shape index (κ1) is 11.1. The van der Waals surface area contributed by atoms with Crippen LogP contribution in [-0.2, 0) is 0 Å². The van der Waals surface area contributed by atoms with Gasteiger partial charge in [-0.1, -0.05) is 18.2 Å². The van der Waals surface area contributed by atoms with Crippen molar-refractivity contribution in [2.75, 3.05) is 13.7 Å². The molecule has 78 valence electrons. The van der Waals surface area contributed by atoms with Crippen LogP contribution in [0.3, 0.4) is 0 Å². The van der Waals surface area contributed by atoms with E-state index in [2.05, 4.69) is 32.2 Å². The fourth-order valence-electron chi connectivity index (χ4n) is 1.05. The lowest BCUT2D eigenvalue weighted by Crippen LogP contribution is -2.42. The van der Waals surface area contributed by atoms with Crippen LogP contribution in [0, 0.1) is 6.92 Å². The summed E-state index contributed by atoms with van der Waals surface area (Å²) in [5, 5.41) is 3.21. The van der Waals surface area contributed by atoms with E-state index in [4.69, 9.17) is 4.74 Å². The van der Waals surface area contributed by atoms with Crippen molar-refractivity contribution in [3.8, 4) is 5.75 Å². The van der Waals surface area contributed by atoms with E-state index in [9.17, 15) is 0 Å². The van der Waals surface area contributed by atoms with Crippen molar-refractivity contribution in [1.29, 1.82) is 0 Å². The number of para-hydroxylation sites is 1. The molecule has 0 spiro atoms. The first-order chi connectivity index (χ1) is 6.55. The van der Waals surface area contributed by atoms with Gasteiger partial charge >= 0.3 is 0 Å². The highest BCUT2D eigenvalue weighted by atomic mass is 16.5. The molecule has 0 heterocycles. The third-order valence-corrected chi connectivity index (χ3v) is 2.36. The molecule has 1 aromatic carbocycles. The summed E-state index contributed by atoms with van der Waals surface area (Å²) in [5.74, 6) is 0.968. The smallest absolute Gasteiger partial charge is 0.122 e. The summed E-state index contributed by atoms with van der Waals surface area (Å²) in [6.07, 6.45) is 0. The molecular formula is C12H19NO. The lowest BCUT2D eigenvalue weighted by Gasteiger charge is -2.24. The average Bonchev–Trinajstić information content (AvgIpc) is 2.17. The van der Waals surface area contributed by atoms with E-state index in [-0.39, 0.29) is 5.54 Å². The van der Waals surface area contributed by atoms with Crippen LogP contribution in [0.1, 0.15) is 19.4 Å². The number of nitrogens with one attached hydrogen (secondary N) is 1. The summed E-state index contributed by atoms with van der Waals surface area (Å²) in [4.78, 5) is 0. The van der Waals surface area contributed by atoms with Gasteiger partial charge in [0.25, 0.3) is 0 Å². The third-order valence-electron chi connectivity index (χ3n) is 2.36. The van der Waals surface area contributed by atoms with Gasteiger partial charge in [-0.3, -0.25) is 0 Å². The molecule has 0 aliphatic carbocycles. The van der Waals surface area contributed by atoms with Gasteiger partial charge in [-0.25, -0.2) is 0 Å². The van der Waals surface area contributed by atoms with E-state index in [1.54, 1.807) is 0 Å². The maximum atomic E-state index is 5.73. The number of ether oxygens (including phenoxy) is 1. The number of likely N-dealkylation sites (N-methyl/N-ethyl adjacent to an activating group) is 1. The fraction of sp³-hybridized carbons (Fsp3) is 0.500. The van der Waals surface area contributed by atoms with Crippen LogP contribution in [0.4, 0.5) is 0 Å². The molecule has 1 N–H and O–H groups in total. The minimum Gasteiger partial charge on any atom is -0.491 e. The quantitative estimate of drug-likeness (QED) is 0.792. The van der Waals surface area contributed by atoms with Gasteiger partial charge in [0.05, 0.1) is 0 Å². The van der Waals surface area contributed by atoms with Crippen LogP contribution >= 0.6 is 0 Å². The van der Waals surface area contributed by atoms with Crippen molar-refractivity contribution in [3.05, 3.63) is 29.8 Å². The predicted octanol–water partition coefficient (Wildman–Crippen LogP) is 2.37. The van der Waals surface area contributed by atoms with Crippen LogP contribution in [0.15, 0.2) is 24.3 Å². The van der Waals surface area contributed by atoms with Crippen molar-refractivity contribution in [2.24, 2.45) is 0 Å². The molecule has 0 aromatic heterocycles. The Morgan fingerprint density at radius 3 is 2.50 bits per heavy atom. The van der Waals surface area contributed by atoms with Gasteiger partial charge in [-0.15, -0.1) is 0 Å². The SMILES string of the molecule is CNC(C)(C)COc1ccccc1C. The second-order valence-corrected chi connectivity index (χ2v) is 4.19. The van der Waals surface area contributed by atoms with Crippen molar-refractivity contribution >= 4 is 0 Å². The number of aryl methyl sites for hydroxylation is 1. The summed E-state index contributed by atoms with van der Waals surface area (Å²) in [6.45, 7) is 6.96. The molecule has 0 saturated heterocycles. The highest BCUT2D eigenvalue weighted by Gasteiger charge is 2.15. The molecule has 0 fully saturated rings. The third kappa shape index (κ3) is 3.04. The zero-order valence-corrected chi connectivity index (χ0v) is 9.42. The first-order valence-electron chi connectivity index (χ1n) is 4.92. The average molecular weight is 193 g/mol. The van der Waals surface area contributed by atoms with Gasteiger partial charge in [0.1, 0.15) is 12.4 Å². The maximum Gasteiger partial charge on any atom is 0.122 e. The second kappa shape index (κ2) is 4.47. The van der Waals surface area contributed by atoms with Gasteiger partial charge in [-0.2, -0.15) is 0 Å². The van der Waals surface area contributed by atoms with Crippen molar-refractivity contribution in [3.63, 3.8) is 0 Å². The van der Waals surface area contributed by atoms with Crippen molar-refractivity contribution in [2.45, 2.75) is 26.3 Å². The summed E-state index contributed by atoms with van der Waals surface area (Å²) in [7, 11) is 1.95. The van der Waals surface area contributed by atoms with E-state index in [0.29, 0.717) is 6.61 Å². The van der Waals surface area contributed by atoms with Crippen LogP contribution in [0.25, 0.3) is 0 Å². The Morgan fingerprint density at radius 2 is 1.93 bits per heavy atom. The summed E-state index contributed by atoms with van der Waals surface area (Å²) >= 11 is 0. The minimum absolute atomic E-state index is 0.0162. The summed E-state index contributed by atoms with van der Waals surface area (Å²) < 4.78 is 5.73. The van der Waals surface area contributed by atoms with Crippen LogP contribution in [0.2, 0.25) is 0 Å². The Bertz CT molecular complexity index is 294. The first-order valence-corrected chi connectivity index (χ1v) is 4.92. The highest BCUT2D eigenvalue weighted by molar-refractivity contribution is 5.31. The Hall–Kier alpha value is -1.02. The Morgan fingerprint density at radius 1 is 1.29 bits per heavy atom. The molecule has 0 radical (unpaired) electrons. The monoisotopic (exact) mass is 193 g/mol. The number of benzene rings is 1. The molecule has 0 atom stereocenters. The van der Waals surface area contributed by atoms with Crippen molar-refractivity contribution < 1.29 is 4.74 Å². The van der Waals surface area contributed by atoms with Gasteiger partial charge in [0.2, 0.25) is 0 Å². The molecule has 1 aromatic rings. The Balaban J connectivity index is 2.58. The van der Waals surface area contributed by atoms with Crippen LogP contribution < -0.4 is 10.1 Å². The lowest BCUT2D eigenvalue weighted by atomic mass is 10.1. The molecule has 0 unspecified atom stereocenters. The Kier molecular flexibility index (Phi) is 3.53. The van der Waals surface area contributed by atoms with E-state index < -0.39 is 0 Å². The summed E-state index contributed by atoms with van der Waals surface area (Å²) in [5.41, 5.74) is 1.20. The maximum absolute atomic E-state index is 5.73. The molecule has 0 aliphatic rings. The molecule has 0 amide bonds. The van der Waals surface area contributed by atoms with E-state index in [0.717, 1.165) is 5.75 Å². The van der Waals surface area contributed by atoms with E-state index in [1.807, 2.05) is 25.2 Å².